The minimum Gasteiger partial charge on any atom is -0.338 e. The standard InChI is InChI=1S/C24H24FN3S/c25-17-5-6-21-22(13-17)27-24(26-21)16-4-7-23-19(12-16)20(14-29-23)15-8-10-28(11-9-15)18-2-1-3-18/h4-7,12-15,18H,1-3,8-11H2,(H,26,27). The second-order valence-electron chi connectivity index (χ2n) is 8.54. The van der Waals surface area contributed by atoms with Crippen LogP contribution in [0.4, 0.5) is 4.39 Å². The van der Waals surface area contributed by atoms with E-state index < -0.39 is 0 Å². The predicted octanol–water partition coefficient (Wildman–Crippen LogP) is 6.32. The molecule has 148 valence electrons. The fourth-order valence-corrected chi connectivity index (χ4v) is 5.98. The summed E-state index contributed by atoms with van der Waals surface area (Å²) in [6, 6.07) is 12.2. The molecule has 2 aliphatic rings. The smallest absolute Gasteiger partial charge is 0.138 e. The second-order valence-corrected chi connectivity index (χ2v) is 9.46. The van der Waals surface area contributed by atoms with Crippen molar-refractivity contribution in [2.24, 2.45) is 0 Å². The third-order valence-electron chi connectivity index (χ3n) is 6.88. The molecule has 1 saturated carbocycles. The highest BCUT2D eigenvalue weighted by Crippen LogP contribution is 2.39. The van der Waals surface area contributed by atoms with Gasteiger partial charge in [-0.15, -0.1) is 11.3 Å². The van der Waals surface area contributed by atoms with Crippen LogP contribution in [0.15, 0.2) is 41.8 Å². The molecule has 2 fully saturated rings. The molecule has 0 atom stereocenters. The summed E-state index contributed by atoms with van der Waals surface area (Å²) >= 11 is 1.85. The zero-order chi connectivity index (χ0) is 19.4. The minimum atomic E-state index is -0.239. The molecular weight excluding hydrogens is 381 g/mol. The van der Waals surface area contributed by atoms with Crippen molar-refractivity contribution in [2.45, 2.75) is 44.1 Å². The highest BCUT2D eigenvalue weighted by molar-refractivity contribution is 7.17. The van der Waals surface area contributed by atoms with Gasteiger partial charge >= 0.3 is 0 Å². The molecule has 1 aliphatic heterocycles. The second kappa shape index (κ2) is 6.92. The van der Waals surface area contributed by atoms with Gasteiger partial charge in [0.25, 0.3) is 0 Å². The molecule has 3 heterocycles. The van der Waals surface area contributed by atoms with E-state index in [9.17, 15) is 4.39 Å². The molecule has 1 N–H and O–H groups in total. The molecule has 0 amide bonds. The molecule has 4 aromatic rings. The number of fused-ring (bicyclic) bond motifs is 2. The van der Waals surface area contributed by atoms with E-state index in [2.05, 4.69) is 38.4 Å². The first-order chi connectivity index (χ1) is 14.2. The fourth-order valence-electron chi connectivity index (χ4n) is 4.96. The molecule has 2 aromatic carbocycles. The normalized spacial score (nSPS) is 19.2. The van der Waals surface area contributed by atoms with E-state index in [-0.39, 0.29) is 5.82 Å². The number of aromatic nitrogens is 2. The molecule has 0 unspecified atom stereocenters. The van der Waals surface area contributed by atoms with Crippen molar-refractivity contribution < 1.29 is 4.39 Å². The molecule has 1 saturated heterocycles. The maximum absolute atomic E-state index is 13.5. The number of rotatable bonds is 3. The molecule has 2 aromatic heterocycles. The molecule has 5 heteroatoms. The van der Waals surface area contributed by atoms with Gasteiger partial charge in [0.2, 0.25) is 0 Å². The van der Waals surface area contributed by atoms with Crippen molar-refractivity contribution in [3.63, 3.8) is 0 Å². The molecule has 0 radical (unpaired) electrons. The Bertz CT molecular complexity index is 1180. The van der Waals surface area contributed by atoms with Crippen molar-refractivity contribution in [3.8, 4) is 11.4 Å². The summed E-state index contributed by atoms with van der Waals surface area (Å²) in [5.74, 6) is 1.22. The van der Waals surface area contributed by atoms with E-state index in [0.29, 0.717) is 5.92 Å². The van der Waals surface area contributed by atoms with E-state index in [0.717, 1.165) is 28.5 Å². The number of nitrogens with zero attached hydrogens (tertiary/aromatic N) is 2. The number of H-pyrrole nitrogens is 1. The summed E-state index contributed by atoms with van der Waals surface area (Å²) in [7, 11) is 0. The van der Waals surface area contributed by atoms with Crippen molar-refractivity contribution in [3.05, 3.63) is 53.2 Å². The van der Waals surface area contributed by atoms with Gasteiger partial charge in [-0.1, -0.05) is 6.42 Å². The van der Waals surface area contributed by atoms with Crippen LogP contribution >= 0.6 is 11.3 Å². The van der Waals surface area contributed by atoms with Gasteiger partial charge in [0, 0.05) is 16.3 Å². The van der Waals surface area contributed by atoms with E-state index >= 15 is 0 Å². The first-order valence-corrected chi connectivity index (χ1v) is 11.5. The number of benzene rings is 2. The number of nitrogens with one attached hydrogen (secondary N) is 1. The van der Waals surface area contributed by atoms with Crippen molar-refractivity contribution in [1.82, 2.24) is 14.9 Å². The van der Waals surface area contributed by atoms with Crippen LogP contribution in [0.2, 0.25) is 0 Å². The van der Waals surface area contributed by atoms with Gasteiger partial charge in [0.05, 0.1) is 11.0 Å². The molecule has 0 spiro atoms. The van der Waals surface area contributed by atoms with E-state index in [1.54, 1.807) is 6.07 Å². The average molecular weight is 406 g/mol. The Labute approximate surface area is 173 Å². The van der Waals surface area contributed by atoms with Crippen LogP contribution < -0.4 is 0 Å². The van der Waals surface area contributed by atoms with E-state index in [1.165, 1.54) is 73.0 Å². The van der Waals surface area contributed by atoms with Crippen LogP contribution in [0, 0.1) is 5.82 Å². The Kier molecular flexibility index (Phi) is 4.20. The quantitative estimate of drug-likeness (QED) is 0.433. The Hall–Kier alpha value is -2.24. The van der Waals surface area contributed by atoms with Crippen LogP contribution in [-0.2, 0) is 0 Å². The summed E-state index contributed by atoms with van der Waals surface area (Å²) in [6.45, 7) is 2.48. The summed E-state index contributed by atoms with van der Waals surface area (Å²) in [5, 5.41) is 3.73. The number of aromatic amines is 1. The lowest BCUT2D eigenvalue weighted by atomic mass is 9.85. The maximum atomic E-state index is 13.5. The highest BCUT2D eigenvalue weighted by Gasteiger charge is 2.30. The van der Waals surface area contributed by atoms with Gasteiger partial charge in [-0.25, -0.2) is 9.37 Å². The number of imidazole rings is 1. The van der Waals surface area contributed by atoms with Gasteiger partial charge in [-0.3, -0.25) is 0 Å². The lowest BCUT2D eigenvalue weighted by Crippen LogP contribution is -2.44. The number of piperidine rings is 1. The van der Waals surface area contributed by atoms with Crippen molar-refractivity contribution >= 4 is 32.5 Å². The Morgan fingerprint density at radius 3 is 2.69 bits per heavy atom. The summed E-state index contributed by atoms with van der Waals surface area (Å²) < 4.78 is 14.9. The van der Waals surface area contributed by atoms with Crippen LogP contribution in [0.5, 0.6) is 0 Å². The summed E-state index contributed by atoms with van der Waals surface area (Å²) in [5.41, 5.74) is 4.12. The van der Waals surface area contributed by atoms with E-state index in [1.807, 2.05) is 11.3 Å². The monoisotopic (exact) mass is 405 g/mol. The topological polar surface area (TPSA) is 31.9 Å². The van der Waals surface area contributed by atoms with Crippen LogP contribution in [0.3, 0.4) is 0 Å². The highest BCUT2D eigenvalue weighted by atomic mass is 32.1. The fraction of sp³-hybridized carbons (Fsp3) is 0.375. The van der Waals surface area contributed by atoms with Gasteiger partial charge in [0.1, 0.15) is 11.6 Å². The SMILES string of the molecule is Fc1ccc2nc(-c3ccc4scc(C5CCN(C6CCC6)CC5)c4c3)[nH]c2c1. The molecule has 1 aliphatic carbocycles. The van der Waals surface area contributed by atoms with Crippen molar-refractivity contribution in [2.75, 3.05) is 13.1 Å². The lowest BCUT2D eigenvalue weighted by molar-refractivity contribution is 0.0978. The molecule has 3 nitrogen and oxygen atoms in total. The largest absolute Gasteiger partial charge is 0.338 e. The number of hydrogen-bond acceptors (Lipinski definition) is 3. The molecule has 6 rings (SSSR count). The number of likely N-dealkylation sites (tertiary alicyclic amines) is 1. The minimum absolute atomic E-state index is 0.239. The lowest BCUT2D eigenvalue weighted by Gasteiger charge is -2.41. The maximum Gasteiger partial charge on any atom is 0.138 e. The van der Waals surface area contributed by atoms with Crippen LogP contribution in [0.1, 0.15) is 43.6 Å². The van der Waals surface area contributed by atoms with E-state index in [4.69, 9.17) is 0 Å². The molecule has 0 bridgehead atoms. The van der Waals surface area contributed by atoms with Gasteiger partial charge < -0.3 is 9.88 Å². The van der Waals surface area contributed by atoms with Gasteiger partial charge in [0.15, 0.2) is 0 Å². The molecule has 29 heavy (non-hydrogen) atoms. The van der Waals surface area contributed by atoms with Crippen molar-refractivity contribution in [1.29, 1.82) is 0 Å². The van der Waals surface area contributed by atoms with Gasteiger partial charge in [-0.05, 0) is 97.4 Å². The van der Waals surface area contributed by atoms with Crippen LogP contribution in [-0.4, -0.2) is 34.0 Å². The summed E-state index contributed by atoms with van der Waals surface area (Å²) in [4.78, 5) is 10.7. The van der Waals surface area contributed by atoms with Crippen LogP contribution in [0.25, 0.3) is 32.5 Å². The average Bonchev–Trinajstić information content (AvgIpc) is 3.30. The third-order valence-corrected chi connectivity index (χ3v) is 7.86. The molecular formula is C24H24FN3S. The summed E-state index contributed by atoms with van der Waals surface area (Å²) in [6.07, 6.45) is 6.73. The number of halogens is 1. The first-order valence-electron chi connectivity index (χ1n) is 10.7. The third kappa shape index (κ3) is 3.08. The number of hydrogen-bond donors (Lipinski definition) is 1. The Balaban J connectivity index is 1.31. The van der Waals surface area contributed by atoms with Gasteiger partial charge in [-0.2, -0.15) is 0 Å². The number of thiophene rings is 1. The predicted molar refractivity (Wildman–Crippen MR) is 118 cm³/mol. The Morgan fingerprint density at radius 2 is 1.90 bits per heavy atom. The Morgan fingerprint density at radius 1 is 1.03 bits per heavy atom. The first kappa shape index (κ1) is 17.6. The zero-order valence-corrected chi connectivity index (χ0v) is 17.1. The zero-order valence-electron chi connectivity index (χ0n) is 16.3.